The molecule has 3 amide bonds. The largest absolute Gasteiger partial charge is 0.442 e. The number of amides is 3. The minimum absolute atomic E-state index is 0.167. The summed E-state index contributed by atoms with van der Waals surface area (Å²) in [7, 11) is 0. The molecule has 21 nitrogen and oxygen atoms in total. The third-order valence-corrected chi connectivity index (χ3v) is 12.8. The SMILES string of the molecule is CCCCOCC(CN1CC1)OC(=O)NCCCCCCn1c(=O)n(CCCCCCNC(=O)OC(COCCCC)CN2CC2)c(=O)n(CCCCCCNC(=O)OC(COCCCC)CN2CC2)c1=O. The number of nitrogens with zero attached hydrogens (tertiary/aromatic N) is 6. The van der Waals surface area contributed by atoms with E-state index >= 15 is 0 Å². The van der Waals surface area contributed by atoms with Gasteiger partial charge in [-0.05, 0) is 57.8 Å². The zero-order valence-electron chi connectivity index (χ0n) is 44.4. The summed E-state index contributed by atoms with van der Waals surface area (Å²) in [5, 5.41) is 8.53. The molecule has 3 fully saturated rings. The number of aromatic nitrogens is 3. The average molecular weight is 1020 g/mol. The fourth-order valence-electron chi connectivity index (χ4n) is 8.03. The predicted molar refractivity (Wildman–Crippen MR) is 276 cm³/mol. The van der Waals surface area contributed by atoms with Gasteiger partial charge in [-0.3, -0.25) is 14.7 Å². The van der Waals surface area contributed by atoms with Crippen LogP contribution in [0.2, 0.25) is 0 Å². The van der Waals surface area contributed by atoms with E-state index in [1.165, 1.54) is 13.7 Å². The highest BCUT2D eigenvalue weighted by Gasteiger charge is 2.27. The van der Waals surface area contributed by atoms with Crippen LogP contribution in [0.25, 0.3) is 0 Å². The second kappa shape index (κ2) is 36.8. The normalized spacial score (nSPS) is 15.7. The van der Waals surface area contributed by atoms with Crippen LogP contribution in [0.5, 0.6) is 0 Å². The molecule has 0 aliphatic carbocycles. The van der Waals surface area contributed by atoms with Crippen molar-refractivity contribution in [2.45, 2.75) is 174 Å². The van der Waals surface area contributed by atoms with E-state index < -0.39 is 35.3 Å². The number of rotatable bonds is 45. The van der Waals surface area contributed by atoms with E-state index in [0.717, 1.165) is 97.1 Å². The van der Waals surface area contributed by atoms with Crippen LogP contribution in [0.1, 0.15) is 136 Å². The second-order valence-electron chi connectivity index (χ2n) is 19.6. The summed E-state index contributed by atoms with van der Waals surface area (Å²) in [6.45, 7) is 19.2. The smallest absolute Gasteiger partial charge is 0.407 e. The van der Waals surface area contributed by atoms with Gasteiger partial charge in [0, 0.05) is 118 Å². The molecule has 3 unspecified atom stereocenters. The van der Waals surface area contributed by atoms with Gasteiger partial charge in [0.05, 0.1) is 19.8 Å². The summed E-state index contributed by atoms with van der Waals surface area (Å²) < 4.78 is 37.7. The van der Waals surface area contributed by atoms with Gasteiger partial charge >= 0.3 is 35.3 Å². The molecule has 4 rings (SSSR count). The molecule has 4 heterocycles. The Labute approximate surface area is 428 Å². The minimum Gasteiger partial charge on any atom is -0.442 e. The lowest BCUT2D eigenvalue weighted by Crippen LogP contribution is -2.54. The van der Waals surface area contributed by atoms with Gasteiger partial charge in [0.1, 0.15) is 18.3 Å². The third-order valence-electron chi connectivity index (χ3n) is 12.8. The van der Waals surface area contributed by atoms with Crippen molar-refractivity contribution in [2.24, 2.45) is 0 Å². The quantitative estimate of drug-likeness (QED) is 0.0465. The van der Waals surface area contributed by atoms with Gasteiger partial charge in [0.2, 0.25) is 0 Å². The molecule has 3 N–H and O–H groups in total. The molecule has 3 aliphatic rings. The van der Waals surface area contributed by atoms with E-state index in [9.17, 15) is 28.8 Å². The first-order chi connectivity index (χ1) is 35.1. The molecule has 21 heteroatoms. The lowest BCUT2D eigenvalue weighted by molar-refractivity contribution is 0.0132. The summed E-state index contributed by atoms with van der Waals surface area (Å²) in [5.74, 6) is 0. The summed E-state index contributed by atoms with van der Waals surface area (Å²) in [6.07, 6.45) is 11.8. The van der Waals surface area contributed by atoms with E-state index in [2.05, 4.69) is 51.4 Å². The molecule has 0 bridgehead atoms. The predicted octanol–water partition coefficient (Wildman–Crippen LogP) is 4.53. The van der Waals surface area contributed by atoms with E-state index in [4.69, 9.17) is 28.4 Å². The number of nitrogens with one attached hydrogen (secondary N) is 3. The summed E-state index contributed by atoms with van der Waals surface area (Å²) in [6, 6.07) is 0. The van der Waals surface area contributed by atoms with Crippen molar-refractivity contribution in [1.82, 2.24) is 44.4 Å². The van der Waals surface area contributed by atoms with Crippen molar-refractivity contribution in [3.05, 3.63) is 31.5 Å². The summed E-state index contributed by atoms with van der Waals surface area (Å²) in [4.78, 5) is 85.6. The molecule has 3 saturated heterocycles. The Bertz CT molecular complexity index is 1600. The number of carbonyl (C=O) groups excluding carboxylic acids is 3. The highest BCUT2D eigenvalue weighted by Crippen LogP contribution is 2.11. The topological polar surface area (TPSA) is 218 Å². The van der Waals surface area contributed by atoms with Crippen LogP contribution in [0.15, 0.2) is 14.4 Å². The summed E-state index contributed by atoms with van der Waals surface area (Å²) >= 11 is 0. The number of carbonyl (C=O) groups is 3. The molecule has 0 aromatic carbocycles. The number of hydrogen-bond acceptors (Lipinski definition) is 15. The fraction of sp³-hybridized carbons (Fsp3) is 0.882. The standard InChI is InChI=1S/C51H93N9O12/c1-4-7-34-67-40-43(37-55-28-29-55)70-46(61)52-22-16-10-13-19-25-58-49(64)59(26-20-14-11-17-23-53-47(62)71-44(38-56-30-31-56)41-68-35-8-5-2)51(66)60(50(58)65)27-21-15-12-18-24-54-48(63)72-45(39-57-32-33-57)42-69-36-9-6-3/h43-45H,4-42H2,1-3H3,(H,52,61)(H,53,62)(H,54,63). The molecule has 0 spiro atoms. The van der Waals surface area contributed by atoms with Crippen LogP contribution in [-0.2, 0) is 48.1 Å². The molecule has 3 aliphatic heterocycles. The van der Waals surface area contributed by atoms with E-state index in [0.29, 0.717) is 137 Å². The molecule has 1 aromatic rings. The monoisotopic (exact) mass is 1020 g/mol. The molecular weight excluding hydrogens is 931 g/mol. The average Bonchev–Trinajstić information content (AvgIpc) is 4.21. The Morgan fingerprint density at radius 3 is 0.917 bits per heavy atom. The van der Waals surface area contributed by atoms with Gasteiger partial charge in [0.15, 0.2) is 0 Å². The zero-order valence-corrected chi connectivity index (χ0v) is 44.4. The number of hydrogen-bond donors (Lipinski definition) is 3. The lowest BCUT2D eigenvalue weighted by atomic mass is 10.2. The highest BCUT2D eigenvalue weighted by molar-refractivity contribution is 5.68. The van der Waals surface area contributed by atoms with E-state index in [1.54, 1.807) is 0 Å². The molecular formula is C51H93N9O12. The number of unbranched alkanes of at least 4 members (excludes halogenated alkanes) is 12. The molecule has 0 saturated carbocycles. The van der Waals surface area contributed by atoms with Crippen LogP contribution >= 0.6 is 0 Å². The minimum atomic E-state index is -0.608. The Hall–Kier alpha value is -4.02. The number of ether oxygens (including phenoxy) is 6. The third kappa shape index (κ3) is 27.3. The van der Waals surface area contributed by atoms with Crippen LogP contribution in [-0.4, -0.2) is 183 Å². The molecule has 414 valence electrons. The molecule has 1 aromatic heterocycles. The molecule has 0 radical (unpaired) electrons. The lowest BCUT2D eigenvalue weighted by Gasteiger charge is -2.19. The number of alkyl carbamates (subject to hydrolysis) is 3. The van der Waals surface area contributed by atoms with Gasteiger partial charge in [-0.25, -0.2) is 42.5 Å². The summed E-state index contributed by atoms with van der Waals surface area (Å²) in [5.41, 5.74) is -1.82. The first-order valence-electron chi connectivity index (χ1n) is 27.8. The van der Waals surface area contributed by atoms with Crippen molar-refractivity contribution in [3.8, 4) is 0 Å². The van der Waals surface area contributed by atoms with Crippen molar-refractivity contribution in [1.29, 1.82) is 0 Å². The van der Waals surface area contributed by atoms with Gasteiger partial charge in [-0.15, -0.1) is 0 Å². The van der Waals surface area contributed by atoms with E-state index in [-0.39, 0.29) is 37.9 Å². The maximum Gasteiger partial charge on any atom is 0.407 e. The van der Waals surface area contributed by atoms with Crippen molar-refractivity contribution in [2.75, 3.05) is 118 Å². The Morgan fingerprint density at radius 2 is 0.667 bits per heavy atom. The van der Waals surface area contributed by atoms with E-state index in [1.807, 2.05) is 0 Å². The second-order valence-corrected chi connectivity index (χ2v) is 19.6. The van der Waals surface area contributed by atoms with Gasteiger partial charge in [-0.1, -0.05) is 78.6 Å². The first kappa shape index (κ1) is 60.5. The Balaban J connectivity index is 1.22. The maximum atomic E-state index is 13.8. The van der Waals surface area contributed by atoms with Gasteiger partial charge in [0.25, 0.3) is 0 Å². The van der Waals surface area contributed by atoms with Crippen molar-refractivity contribution in [3.63, 3.8) is 0 Å². The van der Waals surface area contributed by atoms with Crippen LogP contribution < -0.4 is 33.0 Å². The van der Waals surface area contributed by atoms with Crippen LogP contribution in [0, 0.1) is 0 Å². The van der Waals surface area contributed by atoms with Gasteiger partial charge in [-0.2, -0.15) is 0 Å². The Kier molecular flexibility index (Phi) is 31.0. The maximum absolute atomic E-state index is 13.8. The fourth-order valence-corrected chi connectivity index (χ4v) is 8.03. The van der Waals surface area contributed by atoms with Crippen molar-refractivity contribution < 1.29 is 42.8 Å². The zero-order chi connectivity index (χ0) is 51.6. The van der Waals surface area contributed by atoms with Crippen LogP contribution in [0.3, 0.4) is 0 Å². The van der Waals surface area contributed by atoms with Crippen molar-refractivity contribution >= 4 is 18.3 Å². The first-order valence-corrected chi connectivity index (χ1v) is 27.8. The Morgan fingerprint density at radius 1 is 0.403 bits per heavy atom. The van der Waals surface area contributed by atoms with Crippen LogP contribution in [0.4, 0.5) is 14.4 Å². The molecule has 72 heavy (non-hydrogen) atoms. The molecule has 3 atom stereocenters. The highest BCUT2D eigenvalue weighted by atomic mass is 16.6. The van der Waals surface area contributed by atoms with Gasteiger partial charge < -0.3 is 44.4 Å².